The van der Waals surface area contributed by atoms with Gasteiger partial charge in [0.25, 0.3) is 0 Å². The van der Waals surface area contributed by atoms with E-state index in [1.165, 1.54) is 6.33 Å². The Kier molecular flexibility index (Phi) is 7.27. The normalized spacial score (nSPS) is 25.3. The van der Waals surface area contributed by atoms with Gasteiger partial charge in [0.2, 0.25) is 5.82 Å². The van der Waals surface area contributed by atoms with Crippen molar-refractivity contribution in [2.75, 3.05) is 19.0 Å². The van der Waals surface area contributed by atoms with E-state index in [-0.39, 0.29) is 24.6 Å². The van der Waals surface area contributed by atoms with Gasteiger partial charge in [0.05, 0.1) is 19.0 Å². The summed E-state index contributed by atoms with van der Waals surface area (Å²) in [6.07, 6.45) is 1.71. The monoisotopic (exact) mass is 545 g/mol. The molecular weight excluding hydrogens is 520 g/mol. The summed E-state index contributed by atoms with van der Waals surface area (Å²) in [7, 11) is -8.06. The number of nitrogens with zero attached hydrogens (tertiary/aromatic N) is 4. The van der Waals surface area contributed by atoms with Gasteiger partial charge in [-0.3, -0.25) is 13.8 Å². The van der Waals surface area contributed by atoms with Crippen LogP contribution in [0.1, 0.15) is 44.0 Å². The average molecular weight is 545 g/mol. The minimum atomic E-state index is -4.89. The molecule has 36 heavy (non-hydrogen) atoms. The number of carboxylic acids is 1. The van der Waals surface area contributed by atoms with Crippen molar-refractivity contribution in [1.29, 1.82) is 0 Å². The largest absolute Gasteiger partial charge is 0.481 e. The van der Waals surface area contributed by atoms with E-state index in [2.05, 4.69) is 32.1 Å². The van der Waals surface area contributed by atoms with Crippen LogP contribution in [0, 0.1) is 23.2 Å². The van der Waals surface area contributed by atoms with Crippen LogP contribution >= 0.6 is 15.6 Å². The van der Waals surface area contributed by atoms with Crippen LogP contribution in [-0.4, -0.2) is 69.9 Å². The second kappa shape index (κ2) is 9.81. The second-order valence-corrected chi connectivity index (χ2v) is 11.1. The van der Waals surface area contributed by atoms with E-state index in [1.807, 2.05) is 0 Å². The Bertz CT molecular complexity index is 1330. The lowest BCUT2D eigenvalue weighted by Crippen LogP contribution is -2.26. The van der Waals surface area contributed by atoms with Gasteiger partial charge in [-0.15, -0.1) is 0 Å². The Morgan fingerprint density at radius 2 is 2.03 bits per heavy atom. The van der Waals surface area contributed by atoms with Gasteiger partial charge in [-0.05, 0) is 31.1 Å². The van der Waals surface area contributed by atoms with Gasteiger partial charge in [-0.25, -0.2) is 24.1 Å². The number of aliphatic carboxylic acids is 1. The molecule has 2 heterocycles. The van der Waals surface area contributed by atoms with E-state index < -0.39 is 45.8 Å². The smallest absolute Gasteiger partial charge is 0.469 e. The molecule has 6 N–H and O–H groups in total. The highest BCUT2D eigenvalue weighted by Gasteiger charge is 2.70. The third kappa shape index (κ3) is 5.77. The van der Waals surface area contributed by atoms with Crippen molar-refractivity contribution in [3.05, 3.63) is 12.2 Å². The highest BCUT2D eigenvalue weighted by atomic mass is 31.2. The first-order valence-electron chi connectivity index (χ1n) is 10.9. The van der Waals surface area contributed by atoms with E-state index in [1.54, 1.807) is 11.6 Å². The molecule has 2 unspecified atom stereocenters. The van der Waals surface area contributed by atoms with E-state index in [9.17, 15) is 23.7 Å². The summed E-state index contributed by atoms with van der Waals surface area (Å²) >= 11 is 0. The predicted octanol–water partition coefficient (Wildman–Crippen LogP) is 1.01. The average Bonchev–Trinajstić information content (AvgIpc) is 3.24. The molecule has 2 aliphatic carbocycles. The Morgan fingerprint density at radius 3 is 2.67 bits per heavy atom. The molecule has 0 bridgehead atoms. The third-order valence-corrected chi connectivity index (χ3v) is 7.41. The van der Waals surface area contributed by atoms with E-state index in [4.69, 9.17) is 23.9 Å². The first kappa shape index (κ1) is 26.7. The number of phosphoric ester groups is 2. The Hall–Kier alpha value is -2.40. The van der Waals surface area contributed by atoms with Crippen LogP contribution in [-0.2, 0) is 23.0 Å². The number of imidazole rings is 1. The molecule has 4 rings (SSSR count). The Morgan fingerprint density at radius 1 is 1.28 bits per heavy atom. The molecule has 0 amide bonds. The van der Waals surface area contributed by atoms with Crippen LogP contribution in [0.15, 0.2) is 6.33 Å². The zero-order valence-corrected chi connectivity index (χ0v) is 20.8. The van der Waals surface area contributed by atoms with Crippen molar-refractivity contribution in [1.82, 2.24) is 19.5 Å². The molecule has 0 radical (unpaired) electrons. The standard InChI is InChI=1S/C19H25N5O10P2/c1-20-17-16-18(23-14(22-17)5-3-2-4-6-15(25)26)24(10-21-16)12-7-13(34-36(30,31)32)19(8-11(12)19)9-33-35(27,28)29/h10-13H,2,4,6-9H2,1H3,(H,25,26)(H,20,22,23)(H2,27,28,29)(H2,30,31,32)/t11-,12?,13?,19+/m0/s1. The molecule has 2 saturated carbocycles. The number of anilines is 1. The molecular formula is C19H25N5O10P2. The maximum absolute atomic E-state index is 11.6. The topological polar surface area (TPSA) is 226 Å². The van der Waals surface area contributed by atoms with Gasteiger partial charge >= 0.3 is 21.6 Å². The third-order valence-electron chi connectivity index (χ3n) is 6.41. The molecule has 196 valence electrons. The predicted molar refractivity (Wildman–Crippen MR) is 122 cm³/mol. The summed E-state index contributed by atoms with van der Waals surface area (Å²) in [6, 6.07) is -0.400. The molecule has 17 heteroatoms. The van der Waals surface area contributed by atoms with Crippen LogP contribution in [0.2, 0.25) is 0 Å². The second-order valence-electron chi connectivity index (χ2n) is 8.71. The lowest BCUT2D eigenvalue weighted by atomic mass is 10.0. The SMILES string of the molecule is CNc1nc(C#CCCCC(=O)O)nc2c1ncn2C1CC(OP(=O)(O)O)[C@@]2(COP(=O)(O)O)C[C@@H]12. The highest BCUT2D eigenvalue weighted by molar-refractivity contribution is 7.46. The molecule has 2 aliphatic rings. The number of fused-ring (bicyclic) bond motifs is 2. The first-order chi connectivity index (χ1) is 16.8. The van der Waals surface area contributed by atoms with Gasteiger partial charge < -0.3 is 34.6 Å². The summed E-state index contributed by atoms with van der Waals surface area (Å²) in [5, 5.41) is 11.7. The zero-order valence-electron chi connectivity index (χ0n) is 19.0. The Balaban J connectivity index is 1.64. The van der Waals surface area contributed by atoms with Crippen molar-refractivity contribution in [2.45, 2.75) is 44.2 Å². The Labute approximate surface area is 204 Å². The summed E-state index contributed by atoms with van der Waals surface area (Å²) in [5.74, 6) is 5.07. The molecule has 2 aromatic heterocycles. The summed E-state index contributed by atoms with van der Waals surface area (Å²) in [6.45, 7) is -0.431. The molecule has 15 nitrogen and oxygen atoms in total. The van der Waals surface area contributed by atoms with Crippen LogP contribution in [0.5, 0.6) is 0 Å². The van der Waals surface area contributed by atoms with Crippen molar-refractivity contribution >= 4 is 38.6 Å². The number of unbranched alkanes of at least 4 members (excludes halogenated alkanes) is 1. The van der Waals surface area contributed by atoms with Crippen LogP contribution in [0.4, 0.5) is 5.82 Å². The van der Waals surface area contributed by atoms with Crippen molar-refractivity contribution < 1.29 is 47.7 Å². The lowest BCUT2D eigenvalue weighted by Gasteiger charge is -2.24. The molecule has 2 aromatic rings. The quantitative estimate of drug-likeness (QED) is 0.139. The van der Waals surface area contributed by atoms with Crippen LogP contribution in [0.3, 0.4) is 0 Å². The molecule has 0 spiro atoms. The zero-order chi connectivity index (χ0) is 26.3. The van der Waals surface area contributed by atoms with E-state index >= 15 is 0 Å². The fourth-order valence-corrected chi connectivity index (χ4v) is 5.84. The molecule has 2 fully saturated rings. The number of aromatic nitrogens is 4. The van der Waals surface area contributed by atoms with E-state index in [0.717, 1.165) is 0 Å². The van der Waals surface area contributed by atoms with Crippen LogP contribution in [0.25, 0.3) is 11.2 Å². The number of nitrogens with one attached hydrogen (secondary N) is 1. The van der Waals surface area contributed by atoms with Crippen molar-refractivity contribution in [2.24, 2.45) is 11.3 Å². The van der Waals surface area contributed by atoms with Crippen LogP contribution < -0.4 is 5.32 Å². The van der Waals surface area contributed by atoms with Crippen molar-refractivity contribution in [3.63, 3.8) is 0 Å². The molecule has 0 aromatic carbocycles. The van der Waals surface area contributed by atoms with Gasteiger partial charge in [-0.2, -0.15) is 0 Å². The summed E-state index contributed by atoms with van der Waals surface area (Å²) in [5.41, 5.74) is -0.150. The lowest BCUT2D eigenvalue weighted by molar-refractivity contribution is -0.137. The minimum absolute atomic E-state index is 0.00247. The number of hydrogen-bond donors (Lipinski definition) is 6. The molecule has 0 saturated heterocycles. The first-order valence-corrected chi connectivity index (χ1v) is 14.0. The van der Waals surface area contributed by atoms with Gasteiger partial charge in [0.15, 0.2) is 17.0 Å². The molecule has 0 aliphatic heterocycles. The fourth-order valence-electron chi connectivity index (χ4n) is 4.80. The maximum atomic E-state index is 11.6. The number of carboxylic acid groups (broad SMARTS) is 1. The summed E-state index contributed by atoms with van der Waals surface area (Å²) in [4.78, 5) is 61.0. The van der Waals surface area contributed by atoms with Gasteiger partial charge in [0.1, 0.15) is 0 Å². The number of phosphoric acid groups is 2. The van der Waals surface area contributed by atoms with Crippen molar-refractivity contribution in [3.8, 4) is 11.8 Å². The molecule has 4 atom stereocenters. The number of hydrogen-bond acceptors (Lipinski definition) is 9. The van der Waals surface area contributed by atoms with Gasteiger partial charge in [0, 0.05) is 31.3 Å². The highest BCUT2D eigenvalue weighted by Crippen LogP contribution is 2.71. The van der Waals surface area contributed by atoms with E-state index in [0.29, 0.717) is 36.2 Å². The summed E-state index contributed by atoms with van der Waals surface area (Å²) < 4.78 is 34.3. The maximum Gasteiger partial charge on any atom is 0.469 e. The fraction of sp³-hybridized carbons (Fsp3) is 0.579. The number of carbonyl (C=O) groups is 1. The number of rotatable bonds is 10. The van der Waals surface area contributed by atoms with Gasteiger partial charge in [-0.1, -0.05) is 5.92 Å². The minimum Gasteiger partial charge on any atom is -0.481 e.